The number of hydrogen-bond donors (Lipinski definition) is 1. The van der Waals surface area contributed by atoms with Crippen LogP contribution in [0.2, 0.25) is 0 Å². The molecule has 0 aliphatic rings. The van der Waals surface area contributed by atoms with E-state index in [1.807, 2.05) is 0 Å². The van der Waals surface area contributed by atoms with Crippen molar-refractivity contribution in [2.24, 2.45) is 5.73 Å². The van der Waals surface area contributed by atoms with Gasteiger partial charge >= 0.3 is 5.97 Å². The summed E-state index contributed by atoms with van der Waals surface area (Å²) in [6, 6.07) is 9.55. The van der Waals surface area contributed by atoms with Gasteiger partial charge in [-0.15, -0.1) is 12.4 Å². The van der Waals surface area contributed by atoms with Crippen LogP contribution in [0.25, 0.3) is 22.2 Å². The van der Waals surface area contributed by atoms with Crippen LogP contribution in [0.5, 0.6) is 0 Å². The van der Waals surface area contributed by atoms with Crippen LogP contribution in [0.3, 0.4) is 0 Å². The van der Waals surface area contributed by atoms with Crippen molar-refractivity contribution in [3.63, 3.8) is 0 Å². The average molecular weight is 497 g/mol. The summed E-state index contributed by atoms with van der Waals surface area (Å²) in [5.74, 6) is -0.478. The molecule has 3 rings (SSSR count). The molecule has 0 aliphatic heterocycles. The molecule has 0 atom stereocenters. The van der Waals surface area contributed by atoms with Gasteiger partial charge in [-0.05, 0) is 42.8 Å². The number of nitrogens with two attached hydrogens (primary N) is 1. The van der Waals surface area contributed by atoms with E-state index < -0.39 is 21.8 Å². The Hall–Kier alpha value is -2.79. The third kappa shape index (κ3) is 5.25. The van der Waals surface area contributed by atoms with E-state index in [0.29, 0.717) is 28.0 Å². The van der Waals surface area contributed by atoms with Crippen molar-refractivity contribution < 1.29 is 22.3 Å². The van der Waals surface area contributed by atoms with E-state index in [-0.39, 0.29) is 36.0 Å². The minimum Gasteiger partial charge on any atom is -0.465 e. The van der Waals surface area contributed by atoms with Crippen molar-refractivity contribution in [3.05, 3.63) is 59.7 Å². The summed E-state index contributed by atoms with van der Waals surface area (Å²) in [5.41, 5.74) is 7.75. The molecule has 0 fully saturated rings. The van der Waals surface area contributed by atoms with Crippen molar-refractivity contribution in [1.82, 2.24) is 13.9 Å². The number of carbonyl (C=O) groups excluding carboxylic acids is 1. The number of halogens is 2. The first-order chi connectivity index (χ1) is 15.1. The molecule has 0 radical (unpaired) electrons. The van der Waals surface area contributed by atoms with Crippen LogP contribution in [0.1, 0.15) is 16.2 Å². The van der Waals surface area contributed by atoms with Gasteiger partial charge in [0, 0.05) is 26.2 Å². The zero-order chi connectivity index (χ0) is 23.6. The molecular weight excluding hydrogens is 471 g/mol. The first-order valence-electron chi connectivity index (χ1n) is 9.77. The van der Waals surface area contributed by atoms with Crippen molar-refractivity contribution in [2.75, 3.05) is 27.7 Å². The molecule has 1 heterocycles. The lowest BCUT2D eigenvalue weighted by Gasteiger charge is -2.13. The molecule has 2 aromatic carbocycles. The van der Waals surface area contributed by atoms with Gasteiger partial charge in [-0.25, -0.2) is 26.9 Å². The molecule has 0 bridgehead atoms. The van der Waals surface area contributed by atoms with Crippen molar-refractivity contribution in [2.45, 2.75) is 18.4 Å². The number of rotatable bonds is 7. The highest BCUT2D eigenvalue weighted by Gasteiger charge is 2.21. The molecular formula is C22H26ClFN4O4S. The van der Waals surface area contributed by atoms with Crippen LogP contribution in [-0.2, 0) is 21.3 Å². The van der Waals surface area contributed by atoms with Gasteiger partial charge in [-0.1, -0.05) is 12.1 Å². The van der Waals surface area contributed by atoms with Gasteiger partial charge in [0.1, 0.15) is 11.7 Å². The number of nitrogens with zero attached hydrogens (tertiary/aromatic N) is 3. The number of ether oxygens (including phenoxy) is 1. The summed E-state index contributed by atoms with van der Waals surface area (Å²) in [5, 5.41) is 0. The Labute approximate surface area is 198 Å². The number of methoxy groups -OCH3 is 1. The van der Waals surface area contributed by atoms with Gasteiger partial charge in [-0.2, -0.15) is 0 Å². The topological polar surface area (TPSA) is 108 Å². The van der Waals surface area contributed by atoms with Gasteiger partial charge in [0.2, 0.25) is 10.0 Å². The lowest BCUT2D eigenvalue weighted by Crippen LogP contribution is -2.22. The first kappa shape index (κ1) is 26.5. The smallest absolute Gasteiger partial charge is 0.337 e. The summed E-state index contributed by atoms with van der Waals surface area (Å²) < 4.78 is 47.1. The fraction of sp³-hybridized carbons (Fsp3) is 0.273. The highest BCUT2D eigenvalue weighted by molar-refractivity contribution is 7.89. The highest BCUT2D eigenvalue weighted by atomic mass is 35.5. The molecule has 0 amide bonds. The number of allylic oxidation sites excluding steroid dienone is 1. The number of imidazole rings is 1. The largest absolute Gasteiger partial charge is 0.465 e. The van der Waals surface area contributed by atoms with E-state index in [1.165, 1.54) is 39.4 Å². The fourth-order valence-electron chi connectivity index (χ4n) is 3.37. The molecule has 0 saturated carbocycles. The Balaban J connectivity index is 0.00000385. The Morgan fingerprint density at radius 1 is 1.27 bits per heavy atom. The Morgan fingerprint density at radius 2 is 1.97 bits per heavy atom. The number of aromatic nitrogens is 2. The maximum absolute atomic E-state index is 14.3. The fourth-order valence-corrected chi connectivity index (χ4v) is 4.32. The first-order valence-corrected chi connectivity index (χ1v) is 11.2. The van der Waals surface area contributed by atoms with Crippen LogP contribution in [0.4, 0.5) is 4.39 Å². The quantitative estimate of drug-likeness (QED) is 0.503. The molecule has 11 heteroatoms. The summed E-state index contributed by atoms with van der Waals surface area (Å²) in [6.07, 6.45) is 1.27. The number of benzene rings is 2. The molecule has 178 valence electrons. The number of esters is 1. The van der Waals surface area contributed by atoms with E-state index in [0.717, 1.165) is 4.31 Å². The second-order valence-electron chi connectivity index (χ2n) is 7.33. The standard InChI is InChI=1S/C22H25FN4O4S.ClH/c1-14-25-21-19(15-6-5-7-18(10-15)32(29,30)26(2)3)11-16(22(28)31-4)12-20(21)27(14)13-17(23)8-9-24;/h5-8,10-12H,9,13,24H2,1-4H3;1H/b17-8-;. The summed E-state index contributed by atoms with van der Waals surface area (Å²) in [6.45, 7) is 1.69. The van der Waals surface area contributed by atoms with E-state index in [9.17, 15) is 17.6 Å². The summed E-state index contributed by atoms with van der Waals surface area (Å²) in [4.78, 5) is 17.0. The monoisotopic (exact) mass is 496 g/mol. The van der Waals surface area contributed by atoms with Gasteiger partial charge in [0.05, 0.1) is 35.1 Å². The van der Waals surface area contributed by atoms with Crippen molar-refractivity contribution in [3.8, 4) is 11.1 Å². The minimum atomic E-state index is -3.67. The van der Waals surface area contributed by atoms with E-state index in [1.54, 1.807) is 35.8 Å². The minimum absolute atomic E-state index is 0. The van der Waals surface area contributed by atoms with Gasteiger partial charge in [0.25, 0.3) is 0 Å². The predicted octanol–water partition coefficient (Wildman–Crippen LogP) is 3.28. The van der Waals surface area contributed by atoms with Crippen LogP contribution >= 0.6 is 12.4 Å². The number of carbonyl (C=O) groups is 1. The summed E-state index contributed by atoms with van der Waals surface area (Å²) >= 11 is 0. The normalized spacial score (nSPS) is 12.2. The maximum atomic E-state index is 14.3. The maximum Gasteiger partial charge on any atom is 0.337 e. The number of sulfonamides is 1. The molecule has 0 unspecified atom stereocenters. The van der Waals surface area contributed by atoms with E-state index in [2.05, 4.69) is 4.98 Å². The lowest BCUT2D eigenvalue weighted by molar-refractivity contribution is 0.0601. The van der Waals surface area contributed by atoms with Crippen LogP contribution in [-0.4, -0.2) is 56.0 Å². The van der Waals surface area contributed by atoms with Crippen LogP contribution in [0.15, 0.2) is 53.2 Å². The molecule has 8 nitrogen and oxygen atoms in total. The number of hydrogen-bond acceptors (Lipinski definition) is 6. The molecule has 0 saturated heterocycles. The molecule has 0 aliphatic carbocycles. The zero-order valence-corrected chi connectivity index (χ0v) is 20.3. The molecule has 2 N–H and O–H groups in total. The van der Waals surface area contributed by atoms with Gasteiger partial charge in [0.15, 0.2) is 0 Å². The third-order valence-electron chi connectivity index (χ3n) is 5.04. The molecule has 1 aromatic heterocycles. The lowest BCUT2D eigenvalue weighted by atomic mass is 10.0. The average Bonchev–Trinajstić information content (AvgIpc) is 3.07. The molecule has 0 spiro atoms. The Bertz CT molecular complexity index is 1320. The Kier molecular flexibility index (Phi) is 8.36. The Morgan fingerprint density at radius 3 is 2.58 bits per heavy atom. The number of fused-ring (bicyclic) bond motifs is 1. The molecule has 3 aromatic rings. The number of aryl methyl sites for hydroxylation is 1. The SMILES string of the molecule is COC(=O)c1cc(-c2cccc(S(=O)(=O)N(C)C)c2)c2nc(C)n(C/C(F)=C/CN)c2c1.Cl. The zero-order valence-electron chi connectivity index (χ0n) is 18.7. The third-order valence-corrected chi connectivity index (χ3v) is 6.85. The van der Waals surface area contributed by atoms with Gasteiger partial charge < -0.3 is 15.0 Å². The predicted molar refractivity (Wildman–Crippen MR) is 128 cm³/mol. The van der Waals surface area contributed by atoms with Crippen molar-refractivity contribution in [1.29, 1.82) is 0 Å². The second-order valence-corrected chi connectivity index (χ2v) is 9.48. The van der Waals surface area contributed by atoms with E-state index in [4.69, 9.17) is 10.5 Å². The van der Waals surface area contributed by atoms with Crippen molar-refractivity contribution >= 4 is 39.4 Å². The van der Waals surface area contributed by atoms with Gasteiger partial charge in [-0.3, -0.25) is 0 Å². The van der Waals surface area contributed by atoms with Crippen LogP contribution < -0.4 is 5.73 Å². The highest BCUT2D eigenvalue weighted by Crippen LogP contribution is 2.33. The van der Waals surface area contributed by atoms with Crippen LogP contribution in [0, 0.1) is 6.92 Å². The molecule has 33 heavy (non-hydrogen) atoms. The summed E-state index contributed by atoms with van der Waals surface area (Å²) in [7, 11) is 0.499. The van der Waals surface area contributed by atoms with E-state index >= 15 is 0 Å². The second kappa shape index (κ2) is 10.4.